The van der Waals surface area contributed by atoms with E-state index in [-0.39, 0.29) is 29.8 Å². The molecule has 0 atom stereocenters. The van der Waals surface area contributed by atoms with Crippen LogP contribution in [0.4, 0.5) is 5.69 Å². The smallest absolute Gasteiger partial charge is 0.311 e. The number of carbonyl (C=O) groups is 1. The number of aromatic nitrogens is 2. The molecule has 1 heterocycles. The lowest BCUT2D eigenvalue weighted by atomic mass is 10.3. The van der Waals surface area contributed by atoms with E-state index in [2.05, 4.69) is 23.0 Å². The van der Waals surface area contributed by atoms with E-state index in [9.17, 15) is 14.9 Å². The number of hydrogen-bond donors (Lipinski definition) is 2. The van der Waals surface area contributed by atoms with Crippen LogP contribution in [0.25, 0.3) is 0 Å². The molecule has 0 aliphatic rings. The Morgan fingerprint density at radius 2 is 2.18 bits per heavy atom. The largest absolute Gasteiger partial charge is 0.464 e. The van der Waals surface area contributed by atoms with Crippen LogP contribution in [0.5, 0.6) is 5.75 Å². The Bertz CT molecular complexity index is 674. The first-order valence-corrected chi connectivity index (χ1v) is 7.04. The van der Waals surface area contributed by atoms with Crippen LogP contribution in [0.15, 0.2) is 36.5 Å². The molecular weight excluding hydrogens is 308 g/mol. The van der Waals surface area contributed by atoms with Crippen molar-refractivity contribution < 1.29 is 14.5 Å². The number of rotatable bonds is 7. The molecule has 2 rings (SSSR count). The van der Waals surface area contributed by atoms with Gasteiger partial charge in [0.1, 0.15) is 5.69 Å². The zero-order chi connectivity index (χ0) is 15.9. The van der Waals surface area contributed by atoms with E-state index in [0.717, 1.165) is 0 Å². The van der Waals surface area contributed by atoms with Crippen LogP contribution < -0.4 is 10.1 Å². The van der Waals surface area contributed by atoms with E-state index in [0.29, 0.717) is 12.3 Å². The van der Waals surface area contributed by atoms with Gasteiger partial charge < -0.3 is 10.1 Å². The molecular formula is C13H14N4O4S. The van der Waals surface area contributed by atoms with Gasteiger partial charge in [-0.15, -0.1) is 0 Å². The third kappa shape index (κ3) is 3.98. The van der Waals surface area contributed by atoms with Gasteiger partial charge in [-0.05, 0) is 12.1 Å². The predicted octanol–water partition coefficient (Wildman–Crippen LogP) is 1.49. The SMILES string of the molecule is O=C(NCCS)c1ccn(COc2ccccc2[N+](=O)[O-])n1. The number of thiol groups is 1. The van der Waals surface area contributed by atoms with Crippen LogP contribution in [0.3, 0.4) is 0 Å². The summed E-state index contributed by atoms with van der Waals surface area (Å²) in [7, 11) is 0. The van der Waals surface area contributed by atoms with Gasteiger partial charge in [-0.2, -0.15) is 17.7 Å². The van der Waals surface area contributed by atoms with Gasteiger partial charge in [0, 0.05) is 24.6 Å². The van der Waals surface area contributed by atoms with Gasteiger partial charge in [-0.3, -0.25) is 14.9 Å². The highest BCUT2D eigenvalue weighted by Gasteiger charge is 2.14. The summed E-state index contributed by atoms with van der Waals surface area (Å²) in [5.74, 6) is 0.371. The standard InChI is InChI=1S/C13H14N4O4S/c18-13(14-6-8-22)10-5-7-16(15-10)9-21-12-4-2-1-3-11(12)17(19)20/h1-5,7,22H,6,8-9H2,(H,14,18). The highest BCUT2D eigenvalue weighted by Crippen LogP contribution is 2.25. The molecule has 8 nitrogen and oxygen atoms in total. The highest BCUT2D eigenvalue weighted by atomic mass is 32.1. The second-order valence-electron chi connectivity index (χ2n) is 4.22. The molecule has 1 aromatic carbocycles. The Balaban J connectivity index is 2.00. The first-order valence-electron chi connectivity index (χ1n) is 6.40. The molecule has 0 aliphatic heterocycles. The number of benzene rings is 1. The molecule has 2 aromatic rings. The van der Waals surface area contributed by atoms with Crippen molar-refractivity contribution in [3.05, 3.63) is 52.3 Å². The lowest BCUT2D eigenvalue weighted by molar-refractivity contribution is -0.386. The van der Waals surface area contributed by atoms with Crippen LogP contribution in [-0.2, 0) is 6.73 Å². The summed E-state index contributed by atoms with van der Waals surface area (Å²) in [6.45, 7) is 0.409. The first-order chi connectivity index (χ1) is 10.6. The second kappa shape index (κ2) is 7.46. The minimum atomic E-state index is -0.519. The molecule has 0 radical (unpaired) electrons. The van der Waals surface area contributed by atoms with E-state index < -0.39 is 4.92 Å². The molecule has 1 aromatic heterocycles. The Morgan fingerprint density at radius 1 is 1.41 bits per heavy atom. The first kappa shape index (κ1) is 15.8. The lowest BCUT2D eigenvalue weighted by Crippen LogP contribution is -2.26. The van der Waals surface area contributed by atoms with Crippen molar-refractivity contribution in [1.82, 2.24) is 15.1 Å². The van der Waals surface area contributed by atoms with Crippen molar-refractivity contribution in [2.75, 3.05) is 12.3 Å². The highest BCUT2D eigenvalue weighted by molar-refractivity contribution is 7.80. The molecule has 9 heteroatoms. The molecule has 0 spiro atoms. The normalized spacial score (nSPS) is 10.2. The van der Waals surface area contributed by atoms with E-state index in [1.807, 2.05) is 0 Å². The van der Waals surface area contributed by atoms with Crippen LogP contribution in [0.2, 0.25) is 0 Å². The number of nitro benzene ring substituents is 1. The molecule has 0 aliphatic carbocycles. The van der Waals surface area contributed by atoms with Crippen LogP contribution in [-0.4, -0.2) is 32.9 Å². The predicted molar refractivity (Wildman–Crippen MR) is 82.1 cm³/mol. The van der Waals surface area contributed by atoms with Crippen molar-refractivity contribution in [3.8, 4) is 5.75 Å². The van der Waals surface area contributed by atoms with E-state index in [4.69, 9.17) is 4.74 Å². The second-order valence-corrected chi connectivity index (χ2v) is 4.67. The summed E-state index contributed by atoms with van der Waals surface area (Å²) < 4.78 is 6.75. The van der Waals surface area contributed by atoms with Gasteiger partial charge in [0.25, 0.3) is 5.91 Å². The zero-order valence-corrected chi connectivity index (χ0v) is 12.4. The van der Waals surface area contributed by atoms with E-state index in [1.54, 1.807) is 18.3 Å². The number of para-hydroxylation sites is 2. The molecule has 0 fully saturated rings. The number of hydrogen-bond acceptors (Lipinski definition) is 6. The Kier molecular flexibility index (Phi) is 5.37. The van der Waals surface area contributed by atoms with Gasteiger partial charge >= 0.3 is 5.69 Å². The number of amides is 1. The van der Waals surface area contributed by atoms with Crippen LogP contribution in [0.1, 0.15) is 10.5 Å². The minimum Gasteiger partial charge on any atom is -0.464 e. The summed E-state index contributed by atoms with van der Waals surface area (Å²) in [4.78, 5) is 22.0. The monoisotopic (exact) mass is 322 g/mol. The van der Waals surface area contributed by atoms with Crippen LogP contribution in [0, 0.1) is 10.1 Å². The summed E-state index contributed by atoms with van der Waals surface area (Å²) >= 11 is 4.00. The summed E-state index contributed by atoms with van der Waals surface area (Å²) in [5, 5.41) is 17.5. The molecule has 0 bridgehead atoms. The summed E-state index contributed by atoms with van der Waals surface area (Å²) in [6, 6.07) is 7.60. The number of nitro groups is 1. The van der Waals surface area contributed by atoms with Crippen molar-refractivity contribution in [2.24, 2.45) is 0 Å². The maximum Gasteiger partial charge on any atom is 0.311 e. The number of nitrogens with zero attached hydrogens (tertiary/aromatic N) is 3. The van der Waals surface area contributed by atoms with Gasteiger partial charge in [0.05, 0.1) is 4.92 Å². The quantitative estimate of drug-likeness (QED) is 0.457. The maximum atomic E-state index is 11.7. The average molecular weight is 322 g/mol. The third-order valence-electron chi connectivity index (χ3n) is 2.68. The van der Waals surface area contributed by atoms with Crippen molar-refractivity contribution in [2.45, 2.75) is 6.73 Å². The maximum absolute atomic E-state index is 11.7. The fraction of sp³-hybridized carbons (Fsp3) is 0.231. The lowest BCUT2D eigenvalue weighted by Gasteiger charge is -2.06. The Morgan fingerprint density at radius 3 is 2.91 bits per heavy atom. The molecule has 116 valence electrons. The van der Waals surface area contributed by atoms with E-state index in [1.165, 1.54) is 22.9 Å². The molecule has 0 saturated carbocycles. The van der Waals surface area contributed by atoms with Gasteiger partial charge in [-0.1, -0.05) is 12.1 Å². The topological polar surface area (TPSA) is 99.3 Å². The van der Waals surface area contributed by atoms with Gasteiger partial charge in [-0.25, -0.2) is 4.68 Å². The van der Waals surface area contributed by atoms with Gasteiger partial charge in [0.15, 0.2) is 12.5 Å². The molecule has 0 unspecified atom stereocenters. The van der Waals surface area contributed by atoms with E-state index >= 15 is 0 Å². The zero-order valence-electron chi connectivity index (χ0n) is 11.5. The fourth-order valence-corrected chi connectivity index (χ4v) is 1.79. The molecule has 1 amide bonds. The molecule has 0 saturated heterocycles. The van der Waals surface area contributed by atoms with Gasteiger partial charge in [0.2, 0.25) is 0 Å². The number of ether oxygens (including phenoxy) is 1. The van der Waals surface area contributed by atoms with Crippen molar-refractivity contribution in [3.63, 3.8) is 0 Å². The van der Waals surface area contributed by atoms with Crippen molar-refractivity contribution >= 4 is 24.2 Å². The minimum absolute atomic E-state index is 0.0370. The van der Waals surface area contributed by atoms with Crippen LogP contribution >= 0.6 is 12.6 Å². The number of nitrogens with one attached hydrogen (secondary N) is 1. The third-order valence-corrected chi connectivity index (χ3v) is 2.91. The summed E-state index contributed by atoms with van der Waals surface area (Å²) in [6.07, 6.45) is 1.56. The Labute approximate surface area is 131 Å². The molecule has 1 N–H and O–H groups in total. The fourth-order valence-electron chi connectivity index (χ4n) is 1.68. The summed E-state index contributed by atoms with van der Waals surface area (Å²) in [5.41, 5.74) is 0.120. The average Bonchev–Trinajstić information content (AvgIpc) is 2.99. The Hall–Kier alpha value is -2.55. The van der Waals surface area contributed by atoms with Crippen molar-refractivity contribution in [1.29, 1.82) is 0 Å². The number of carbonyl (C=O) groups excluding carboxylic acids is 1. The molecule has 22 heavy (non-hydrogen) atoms.